The van der Waals surface area contributed by atoms with E-state index in [9.17, 15) is 24.3 Å². The lowest BCUT2D eigenvalue weighted by atomic mass is 9.87. The number of aliphatic carboxylic acids is 1. The Morgan fingerprint density at radius 3 is 2.06 bits per heavy atom. The van der Waals surface area contributed by atoms with Crippen LogP contribution in [0.4, 0.5) is 0 Å². The number of rotatable bonds is 12. The fraction of sp³-hybridized carbons (Fsp3) is 0.545. The summed E-state index contributed by atoms with van der Waals surface area (Å²) in [5.41, 5.74) is 6.36. The normalized spacial score (nSPS) is 13.6. The van der Waals surface area contributed by atoms with Crippen molar-refractivity contribution in [1.82, 2.24) is 0 Å². The van der Waals surface area contributed by atoms with Gasteiger partial charge in [0.2, 0.25) is 0 Å². The van der Waals surface area contributed by atoms with Gasteiger partial charge in [-0.3, -0.25) is 19.2 Å². The maximum absolute atomic E-state index is 11.8. The average molecular weight is 437 g/mol. The molecule has 0 aliphatic carbocycles. The molecule has 1 rings (SSSR count). The van der Waals surface area contributed by atoms with Crippen molar-refractivity contribution in [1.29, 1.82) is 0 Å². The Hall–Kier alpha value is -2.94. The van der Waals surface area contributed by atoms with E-state index in [0.29, 0.717) is 12.0 Å². The Kier molecular flexibility index (Phi) is 10.7. The summed E-state index contributed by atoms with van der Waals surface area (Å²) < 4.78 is 15.8. The molecule has 0 bridgehead atoms. The number of nitrogens with two attached hydrogens (primary N) is 1. The van der Waals surface area contributed by atoms with Crippen molar-refractivity contribution < 1.29 is 38.5 Å². The molecule has 31 heavy (non-hydrogen) atoms. The van der Waals surface area contributed by atoms with E-state index in [2.05, 4.69) is 0 Å². The van der Waals surface area contributed by atoms with Crippen LogP contribution in [0.15, 0.2) is 18.2 Å². The van der Waals surface area contributed by atoms with Crippen LogP contribution in [0, 0.1) is 0 Å². The lowest BCUT2D eigenvalue weighted by molar-refractivity contribution is -0.149. The van der Waals surface area contributed by atoms with E-state index in [1.54, 1.807) is 26.8 Å². The van der Waals surface area contributed by atoms with Gasteiger partial charge in [-0.05, 0) is 37.5 Å². The highest BCUT2D eigenvalue weighted by atomic mass is 16.6. The summed E-state index contributed by atoms with van der Waals surface area (Å²) in [4.78, 5) is 46.9. The van der Waals surface area contributed by atoms with Gasteiger partial charge in [-0.15, -0.1) is 0 Å². The topological polar surface area (TPSA) is 142 Å². The molecule has 3 atom stereocenters. The Labute approximate surface area is 181 Å². The van der Waals surface area contributed by atoms with Gasteiger partial charge in [0.05, 0.1) is 6.10 Å². The minimum Gasteiger partial charge on any atom is -0.480 e. The summed E-state index contributed by atoms with van der Waals surface area (Å²) in [7, 11) is 0. The molecule has 0 aromatic heterocycles. The Morgan fingerprint density at radius 1 is 0.968 bits per heavy atom. The number of carbonyl (C=O) groups is 4. The molecule has 0 saturated heterocycles. The highest BCUT2D eigenvalue weighted by molar-refractivity contribution is 5.77. The lowest BCUT2D eigenvalue weighted by Crippen LogP contribution is -2.38. The highest BCUT2D eigenvalue weighted by Crippen LogP contribution is 2.35. The average Bonchev–Trinajstić information content (AvgIpc) is 2.72. The first-order valence-corrected chi connectivity index (χ1v) is 10.4. The quantitative estimate of drug-likeness (QED) is 0.373. The van der Waals surface area contributed by atoms with Gasteiger partial charge >= 0.3 is 23.9 Å². The second-order valence-corrected chi connectivity index (χ2v) is 7.12. The van der Waals surface area contributed by atoms with Gasteiger partial charge in [-0.2, -0.15) is 0 Å². The van der Waals surface area contributed by atoms with Crippen LogP contribution in [0.25, 0.3) is 0 Å². The van der Waals surface area contributed by atoms with Crippen molar-refractivity contribution in [3.05, 3.63) is 23.8 Å². The van der Waals surface area contributed by atoms with E-state index in [-0.39, 0.29) is 43.2 Å². The molecule has 3 N–H and O–H groups in total. The molecular formula is C22H31NO8. The van der Waals surface area contributed by atoms with Gasteiger partial charge in [0.25, 0.3) is 0 Å². The second-order valence-electron chi connectivity index (χ2n) is 7.12. The van der Waals surface area contributed by atoms with Gasteiger partial charge in [0.15, 0.2) is 11.5 Å². The SMILES string of the molecule is CCCC(=O)OC(C)CC(c1ccc(OC(=O)CC)c(OC(=O)CC)c1)[C@H](N)C(=O)O. The zero-order valence-electron chi connectivity index (χ0n) is 18.4. The number of ether oxygens (including phenoxy) is 3. The third kappa shape index (κ3) is 8.37. The monoisotopic (exact) mass is 437 g/mol. The molecule has 2 unspecified atom stereocenters. The molecule has 1 aromatic rings. The zero-order valence-corrected chi connectivity index (χ0v) is 18.4. The number of hydrogen-bond acceptors (Lipinski definition) is 8. The first-order chi connectivity index (χ1) is 14.6. The molecule has 0 aliphatic heterocycles. The van der Waals surface area contributed by atoms with Crippen LogP contribution in [-0.4, -0.2) is 41.1 Å². The Balaban J connectivity index is 3.27. The molecule has 0 amide bonds. The third-order valence-corrected chi connectivity index (χ3v) is 4.51. The van der Waals surface area contributed by atoms with Crippen LogP contribution in [0.5, 0.6) is 11.5 Å². The predicted octanol–water partition coefficient (Wildman–Crippen LogP) is 2.93. The summed E-state index contributed by atoms with van der Waals surface area (Å²) in [6.07, 6.45) is 0.651. The van der Waals surface area contributed by atoms with Crippen LogP contribution in [0.3, 0.4) is 0 Å². The number of carbonyl (C=O) groups excluding carboxylic acids is 3. The third-order valence-electron chi connectivity index (χ3n) is 4.51. The van der Waals surface area contributed by atoms with Gasteiger partial charge in [-0.25, -0.2) is 0 Å². The van der Waals surface area contributed by atoms with E-state index < -0.39 is 36.0 Å². The number of esters is 3. The van der Waals surface area contributed by atoms with Crippen LogP contribution < -0.4 is 15.2 Å². The Bertz CT molecular complexity index is 792. The van der Waals surface area contributed by atoms with Crippen LogP contribution in [-0.2, 0) is 23.9 Å². The molecule has 0 aliphatic rings. The molecule has 0 heterocycles. The van der Waals surface area contributed by atoms with Gasteiger partial charge in [0.1, 0.15) is 6.04 Å². The van der Waals surface area contributed by atoms with E-state index in [4.69, 9.17) is 19.9 Å². The van der Waals surface area contributed by atoms with Gasteiger partial charge < -0.3 is 25.1 Å². The number of carboxylic acid groups (broad SMARTS) is 1. The van der Waals surface area contributed by atoms with Gasteiger partial charge in [-0.1, -0.05) is 26.8 Å². The molecule has 1 aromatic carbocycles. The van der Waals surface area contributed by atoms with E-state index in [1.165, 1.54) is 12.1 Å². The minimum absolute atomic E-state index is 0.00984. The van der Waals surface area contributed by atoms with Crippen LogP contribution in [0.2, 0.25) is 0 Å². The molecule has 0 saturated carbocycles. The summed E-state index contributed by atoms with van der Waals surface area (Å²) in [5, 5.41) is 9.46. The van der Waals surface area contributed by atoms with Crippen molar-refractivity contribution in [2.75, 3.05) is 0 Å². The van der Waals surface area contributed by atoms with Crippen molar-refractivity contribution in [2.24, 2.45) is 5.73 Å². The molecule has 0 radical (unpaired) electrons. The largest absolute Gasteiger partial charge is 0.480 e. The minimum atomic E-state index is -1.30. The molecular weight excluding hydrogens is 406 g/mol. The standard InChI is InChI=1S/C22H31NO8/c1-5-8-20(26)29-13(4)11-15(21(23)22(27)28)14-9-10-16(30-18(24)6-2)17(12-14)31-19(25)7-3/h9-10,12-13,15,21H,5-8,11,23H2,1-4H3,(H,27,28)/t13?,15?,21-/m0/s1. The fourth-order valence-electron chi connectivity index (χ4n) is 2.86. The smallest absolute Gasteiger partial charge is 0.321 e. The first-order valence-electron chi connectivity index (χ1n) is 10.4. The van der Waals surface area contributed by atoms with Crippen molar-refractivity contribution >= 4 is 23.9 Å². The van der Waals surface area contributed by atoms with Crippen LogP contribution in [0.1, 0.15) is 71.3 Å². The summed E-state index contributed by atoms with van der Waals surface area (Å²) in [5.74, 6) is -3.39. The summed E-state index contributed by atoms with van der Waals surface area (Å²) in [6, 6.07) is 3.11. The van der Waals surface area contributed by atoms with Crippen molar-refractivity contribution in [3.8, 4) is 11.5 Å². The molecule has 0 fully saturated rings. The highest BCUT2D eigenvalue weighted by Gasteiger charge is 2.30. The van der Waals surface area contributed by atoms with E-state index in [0.717, 1.165) is 0 Å². The first kappa shape index (κ1) is 26.1. The maximum Gasteiger partial charge on any atom is 0.321 e. The van der Waals surface area contributed by atoms with Crippen LogP contribution >= 0.6 is 0 Å². The van der Waals surface area contributed by atoms with E-state index >= 15 is 0 Å². The molecule has 172 valence electrons. The lowest BCUT2D eigenvalue weighted by Gasteiger charge is -2.25. The predicted molar refractivity (Wildman–Crippen MR) is 112 cm³/mol. The van der Waals surface area contributed by atoms with Gasteiger partial charge in [0, 0.05) is 25.2 Å². The molecule has 0 spiro atoms. The second kappa shape index (κ2) is 12.7. The van der Waals surface area contributed by atoms with E-state index in [1.807, 2.05) is 6.92 Å². The summed E-state index contributed by atoms with van der Waals surface area (Å²) in [6.45, 7) is 6.74. The van der Waals surface area contributed by atoms with Crippen molar-refractivity contribution in [3.63, 3.8) is 0 Å². The Morgan fingerprint density at radius 2 is 1.55 bits per heavy atom. The number of carboxylic acids is 1. The molecule has 9 heteroatoms. The zero-order chi connectivity index (χ0) is 23.6. The number of hydrogen-bond donors (Lipinski definition) is 2. The molecule has 9 nitrogen and oxygen atoms in total. The van der Waals surface area contributed by atoms with Crippen molar-refractivity contribution in [2.45, 2.75) is 77.9 Å². The number of benzene rings is 1. The maximum atomic E-state index is 11.8. The fourth-order valence-corrected chi connectivity index (χ4v) is 2.86. The summed E-state index contributed by atoms with van der Waals surface area (Å²) >= 11 is 0.